The van der Waals surface area contributed by atoms with E-state index in [2.05, 4.69) is 37.9 Å². The van der Waals surface area contributed by atoms with Gasteiger partial charge in [-0.3, -0.25) is 0 Å². The van der Waals surface area contributed by atoms with Crippen LogP contribution in [0, 0.1) is 13.8 Å². The number of thiazole rings is 1. The van der Waals surface area contributed by atoms with E-state index in [0.717, 1.165) is 30.0 Å². The summed E-state index contributed by atoms with van der Waals surface area (Å²) in [6.45, 7) is 7.02. The van der Waals surface area contributed by atoms with Crippen molar-refractivity contribution in [2.45, 2.75) is 27.2 Å². The van der Waals surface area contributed by atoms with Crippen molar-refractivity contribution in [1.82, 2.24) is 4.98 Å². The lowest BCUT2D eigenvalue weighted by molar-refractivity contribution is 0.317. The molecular formula is C14H18N2OS. The minimum atomic E-state index is 0.607. The van der Waals surface area contributed by atoms with Crippen LogP contribution in [-0.4, -0.2) is 11.6 Å². The van der Waals surface area contributed by atoms with Crippen molar-refractivity contribution in [3.8, 4) is 17.0 Å². The van der Waals surface area contributed by atoms with Gasteiger partial charge in [0.1, 0.15) is 5.75 Å². The van der Waals surface area contributed by atoms with Crippen LogP contribution in [0.5, 0.6) is 5.75 Å². The summed E-state index contributed by atoms with van der Waals surface area (Å²) in [5.41, 5.74) is 10.2. The number of aryl methyl sites for hydroxylation is 2. The predicted molar refractivity (Wildman–Crippen MR) is 77.2 cm³/mol. The topological polar surface area (TPSA) is 48.1 Å². The highest BCUT2D eigenvalue weighted by molar-refractivity contribution is 7.13. The molecule has 0 saturated carbocycles. The molecule has 96 valence electrons. The fraction of sp³-hybridized carbons (Fsp3) is 0.357. The SMILES string of the molecule is CCCOc1cc(C)c(-c2csc(N)n2)c(C)c1. The molecular weight excluding hydrogens is 244 g/mol. The maximum Gasteiger partial charge on any atom is 0.180 e. The zero-order valence-electron chi connectivity index (χ0n) is 11.0. The average molecular weight is 262 g/mol. The molecule has 0 aliphatic carbocycles. The Morgan fingerprint density at radius 3 is 2.44 bits per heavy atom. The van der Waals surface area contributed by atoms with Crippen LogP contribution in [0.15, 0.2) is 17.5 Å². The van der Waals surface area contributed by atoms with Crippen LogP contribution in [0.2, 0.25) is 0 Å². The Morgan fingerprint density at radius 2 is 1.94 bits per heavy atom. The molecule has 0 aliphatic rings. The largest absolute Gasteiger partial charge is 0.494 e. The van der Waals surface area contributed by atoms with E-state index in [9.17, 15) is 0 Å². The van der Waals surface area contributed by atoms with Crippen LogP contribution in [0.4, 0.5) is 5.13 Å². The van der Waals surface area contributed by atoms with Crippen LogP contribution in [0.3, 0.4) is 0 Å². The molecule has 0 amide bonds. The molecule has 0 spiro atoms. The number of rotatable bonds is 4. The Hall–Kier alpha value is -1.55. The van der Waals surface area contributed by atoms with Crippen molar-refractivity contribution >= 4 is 16.5 Å². The van der Waals surface area contributed by atoms with E-state index in [0.29, 0.717) is 5.13 Å². The molecule has 0 atom stereocenters. The van der Waals surface area contributed by atoms with Crippen molar-refractivity contribution in [2.75, 3.05) is 12.3 Å². The van der Waals surface area contributed by atoms with Gasteiger partial charge in [-0.1, -0.05) is 6.92 Å². The number of nitrogens with zero attached hydrogens (tertiary/aromatic N) is 1. The average Bonchev–Trinajstić information content (AvgIpc) is 2.72. The van der Waals surface area contributed by atoms with Crippen molar-refractivity contribution < 1.29 is 4.74 Å². The quantitative estimate of drug-likeness (QED) is 0.911. The summed E-state index contributed by atoms with van der Waals surface area (Å²) in [5, 5.41) is 2.60. The fourth-order valence-corrected chi connectivity index (χ4v) is 2.59. The maximum atomic E-state index is 5.69. The lowest BCUT2D eigenvalue weighted by atomic mass is 10.0. The Labute approximate surface area is 112 Å². The number of nitrogens with two attached hydrogens (primary N) is 1. The zero-order chi connectivity index (χ0) is 13.1. The number of ether oxygens (including phenoxy) is 1. The highest BCUT2D eigenvalue weighted by Crippen LogP contribution is 2.32. The third kappa shape index (κ3) is 2.64. The van der Waals surface area contributed by atoms with E-state index < -0.39 is 0 Å². The smallest absolute Gasteiger partial charge is 0.180 e. The van der Waals surface area contributed by atoms with Crippen molar-refractivity contribution in [3.63, 3.8) is 0 Å². The second-order valence-corrected chi connectivity index (χ2v) is 5.24. The van der Waals surface area contributed by atoms with Crippen molar-refractivity contribution in [3.05, 3.63) is 28.6 Å². The Morgan fingerprint density at radius 1 is 1.28 bits per heavy atom. The molecule has 1 heterocycles. The standard InChI is InChI=1S/C14H18N2OS/c1-4-5-17-11-6-9(2)13(10(3)7-11)12-8-18-14(15)16-12/h6-8H,4-5H2,1-3H3,(H2,15,16). The maximum absolute atomic E-state index is 5.69. The molecule has 2 rings (SSSR count). The van der Waals surface area contributed by atoms with E-state index >= 15 is 0 Å². The third-order valence-corrected chi connectivity index (χ3v) is 3.43. The minimum absolute atomic E-state index is 0.607. The first-order valence-corrected chi connectivity index (χ1v) is 6.95. The number of aromatic nitrogens is 1. The predicted octanol–water partition coefficient (Wildman–Crippen LogP) is 3.80. The molecule has 4 heteroatoms. The van der Waals surface area contributed by atoms with Gasteiger partial charge in [-0.05, 0) is 43.5 Å². The van der Waals surface area contributed by atoms with E-state index in [1.807, 2.05) is 5.38 Å². The molecule has 2 aromatic rings. The second kappa shape index (κ2) is 5.40. The Kier molecular flexibility index (Phi) is 3.87. The van der Waals surface area contributed by atoms with Gasteiger partial charge >= 0.3 is 0 Å². The van der Waals surface area contributed by atoms with E-state index in [-0.39, 0.29) is 0 Å². The number of benzene rings is 1. The lowest BCUT2D eigenvalue weighted by Gasteiger charge is -2.11. The van der Waals surface area contributed by atoms with Crippen molar-refractivity contribution in [1.29, 1.82) is 0 Å². The molecule has 0 fully saturated rings. The van der Waals surface area contributed by atoms with Gasteiger partial charge in [0.2, 0.25) is 0 Å². The first-order valence-electron chi connectivity index (χ1n) is 6.07. The molecule has 1 aromatic heterocycles. The summed E-state index contributed by atoms with van der Waals surface area (Å²) in [6, 6.07) is 4.13. The van der Waals surface area contributed by atoms with Gasteiger partial charge in [-0.2, -0.15) is 0 Å². The van der Waals surface area contributed by atoms with Crippen LogP contribution >= 0.6 is 11.3 Å². The minimum Gasteiger partial charge on any atom is -0.494 e. The molecule has 0 bridgehead atoms. The molecule has 18 heavy (non-hydrogen) atoms. The van der Waals surface area contributed by atoms with Gasteiger partial charge in [-0.25, -0.2) is 4.98 Å². The Bertz CT molecular complexity index is 525. The summed E-state index contributed by atoms with van der Waals surface area (Å²) in [5.74, 6) is 0.929. The highest BCUT2D eigenvalue weighted by Gasteiger charge is 2.11. The number of anilines is 1. The fourth-order valence-electron chi connectivity index (χ4n) is 2.03. The summed E-state index contributed by atoms with van der Waals surface area (Å²) in [6.07, 6.45) is 1.02. The van der Waals surface area contributed by atoms with Gasteiger partial charge < -0.3 is 10.5 Å². The van der Waals surface area contributed by atoms with Crippen molar-refractivity contribution in [2.24, 2.45) is 0 Å². The summed E-state index contributed by atoms with van der Waals surface area (Å²) in [7, 11) is 0. The van der Waals surface area contributed by atoms with E-state index in [1.54, 1.807) is 0 Å². The van der Waals surface area contributed by atoms with Gasteiger partial charge in [0.05, 0.1) is 12.3 Å². The highest BCUT2D eigenvalue weighted by atomic mass is 32.1. The molecule has 0 radical (unpaired) electrons. The van der Waals surface area contributed by atoms with E-state index in [1.165, 1.54) is 22.5 Å². The summed E-state index contributed by atoms with van der Waals surface area (Å²) in [4.78, 5) is 4.35. The Balaban J connectivity index is 2.38. The number of hydrogen-bond acceptors (Lipinski definition) is 4. The van der Waals surface area contributed by atoms with Crippen LogP contribution in [0.1, 0.15) is 24.5 Å². The van der Waals surface area contributed by atoms with Crippen LogP contribution in [0.25, 0.3) is 11.3 Å². The van der Waals surface area contributed by atoms with Gasteiger partial charge in [0.15, 0.2) is 5.13 Å². The first-order chi connectivity index (χ1) is 8.61. The molecule has 2 N–H and O–H groups in total. The third-order valence-electron chi connectivity index (χ3n) is 2.76. The summed E-state index contributed by atoms with van der Waals surface area (Å²) >= 11 is 1.47. The second-order valence-electron chi connectivity index (χ2n) is 4.35. The molecule has 0 unspecified atom stereocenters. The zero-order valence-corrected chi connectivity index (χ0v) is 11.8. The molecule has 0 aliphatic heterocycles. The van der Waals surface area contributed by atoms with Crippen LogP contribution < -0.4 is 10.5 Å². The molecule has 3 nitrogen and oxygen atoms in total. The lowest BCUT2D eigenvalue weighted by Crippen LogP contribution is -1.97. The summed E-state index contributed by atoms with van der Waals surface area (Å²) < 4.78 is 5.67. The number of hydrogen-bond donors (Lipinski definition) is 1. The van der Waals surface area contributed by atoms with Gasteiger partial charge in [0.25, 0.3) is 0 Å². The van der Waals surface area contributed by atoms with Crippen LogP contribution in [-0.2, 0) is 0 Å². The monoisotopic (exact) mass is 262 g/mol. The normalized spacial score (nSPS) is 10.6. The van der Waals surface area contributed by atoms with Gasteiger partial charge in [-0.15, -0.1) is 11.3 Å². The van der Waals surface area contributed by atoms with Gasteiger partial charge in [0, 0.05) is 10.9 Å². The number of nitrogen functional groups attached to an aromatic ring is 1. The van der Waals surface area contributed by atoms with E-state index in [4.69, 9.17) is 10.5 Å². The first kappa shape index (κ1) is 12.9. The molecule has 1 aromatic carbocycles. The molecule has 0 saturated heterocycles.